The average molecular weight is 362 g/mol. The van der Waals surface area contributed by atoms with Gasteiger partial charge >= 0.3 is 0 Å². The number of nitrogens with zero attached hydrogens (tertiary/aromatic N) is 2. The van der Waals surface area contributed by atoms with Gasteiger partial charge in [0, 0.05) is 24.4 Å². The molecular weight excluding hydrogens is 340 g/mol. The first-order chi connectivity index (χ1) is 13.2. The Balaban J connectivity index is 1.45. The lowest BCUT2D eigenvalue weighted by atomic mass is 9.67. The summed E-state index contributed by atoms with van der Waals surface area (Å²) in [6.07, 6.45) is 1.91. The highest BCUT2D eigenvalue weighted by Gasteiger charge is 2.50. The van der Waals surface area contributed by atoms with E-state index in [4.69, 9.17) is 15.5 Å². The van der Waals surface area contributed by atoms with Gasteiger partial charge in [-0.15, -0.1) is 0 Å². The molecule has 2 aromatic rings. The van der Waals surface area contributed by atoms with Crippen LogP contribution in [0.5, 0.6) is 0 Å². The number of nitrogens with one attached hydrogen (secondary N) is 1. The Kier molecular flexibility index (Phi) is 3.68. The zero-order chi connectivity index (χ0) is 18.4. The number of amides is 1. The number of anilines is 2. The van der Waals surface area contributed by atoms with Crippen LogP contribution in [-0.2, 0) is 21.5 Å². The second-order valence-electron chi connectivity index (χ2n) is 7.46. The Morgan fingerprint density at radius 2 is 2.00 bits per heavy atom. The molecule has 27 heavy (non-hydrogen) atoms. The number of nitrogens with two attached hydrogens (primary N) is 1. The fourth-order valence-electron chi connectivity index (χ4n) is 4.44. The van der Waals surface area contributed by atoms with Crippen LogP contribution in [0.1, 0.15) is 24.0 Å². The predicted octanol–water partition coefficient (Wildman–Crippen LogP) is 2.52. The van der Waals surface area contributed by atoms with Gasteiger partial charge in [0.2, 0.25) is 5.91 Å². The first kappa shape index (κ1) is 16.3. The third-order valence-corrected chi connectivity index (χ3v) is 5.76. The summed E-state index contributed by atoms with van der Waals surface area (Å²) in [5.74, 6) is 0.374. The molecule has 1 saturated heterocycles. The maximum absolute atomic E-state index is 12.9. The van der Waals surface area contributed by atoms with Crippen LogP contribution in [0.2, 0.25) is 0 Å². The SMILES string of the molecule is NC1=N[C@]2(CC(=O)N1[C@@H]1CCOC1)Cc1c(Nc3ccccc3)cccc12. The predicted molar refractivity (Wildman–Crippen MR) is 104 cm³/mol. The summed E-state index contributed by atoms with van der Waals surface area (Å²) in [7, 11) is 0. The topological polar surface area (TPSA) is 80.0 Å². The van der Waals surface area contributed by atoms with Gasteiger partial charge in [-0.3, -0.25) is 9.69 Å². The normalized spacial score (nSPS) is 26.5. The van der Waals surface area contributed by atoms with E-state index in [1.807, 2.05) is 36.4 Å². The third kappa shape index (κ3) is 2.59. The first-order valence-corrected chi connectivity index (χ1v) is 9.36. The summed E-state index contributed by atoms with van der Waals surface area (Å²) in [6.45, 7) is 1.21. The van der Waals surface area contributed by atoms with Gasteiger partial charge in [-0.25, -0.2) is 4.99 Å². The van der Waals surface area contributed by atoms with Crippen molar-refractivity contribution in [3.63, 3.8) is 0 Å². The van der Waals surface area contributed by atoms with Gasteiger partial charge in [-0.1, -0.05) is 30.3 Å². The number of aliphatic imine (C=N–C) groups is 1. The third-order valence-electron chi connectivity index (χ3n) is 5.76. The summed E-state index contributed by atoms with van der Waals surface area (Å²) in [5, 5.41) is 3.47. The van der Waals surface area contributed by atoms with Crippen molar-refractivity contribution in [2.24, 2.45) is 10.7 Å². The monoisotopic (exact) mass is 362 g/mol. The average Bonchev–Trinajstić information content (AvgIpc) is 3.17. The van der Waals surface area contributed by atoms with Crippen molar-refractivity contribution in [1.82, 2.24) is 4.90 Å². The molecule has 138 valence electrons. The van der Waals surface area contributed by atoms with Crippen LogP contribution in [0.4, 0.5) is 11.4 Å². The van der Waals surface area contributed by atoms with E-state index < -0.39 is 5.54 Å². The zero-order valence-electron chi connectivity index (χ0n) is 15.0. The van der Waals surface area contributed by atoms with Gasteiger partial charge in [-0.2, -0.15) is 0 Å². The summed E-state index contributed by atoms with van der Waals surface area (Å²) < 4.78 is 5.42. The molecule has 1 spiro atoms. The summed E-state index contributed by atoms with van der Waals surface area (Å²) in [4.78, 5) is 19.3. The Labute approximate surface area is 158 Å². The molecule has 6 heteroatoms. The van der Waals surface area contributed by atoms with Crippen LogP contribution in [0.15, 0.2) is 53.5 Å². The van der Waals surface area contributed by atoms with Gasteiger partial charge < -0.3 is 15.8 Å². The number of rotatable bonds is 3. The lowest BCUT2D eigenvalue weighted by Crippen LogP contribution is -2.57. The molecule has 1 aliphatic carbocycles. The van der Waals surface area contributed by atoms with Crippen molar-refractivity contribution in [1.29, 1.82) is 0 Å². The van der Waals surface area contributed by atoms with Crippen LogP contribution >= 0.6 is 0 Å². The molecule has 3 N–H and O–H groups in total. The molecule has 6 nitrogen and oxygen atoms in total. The van der Waals surface area contributed by atoms with E-state index in [2.05, 4.69) is 17.4 Å². The van der Waals surface area contributed by atoms with Gasteiger partial charge in [0.05, 0.1) is 19.1 Å². The van der Waals surface area contributed by atoms with Crippen LogP contribution in [0.25, 0.3) is 0 Å². The van der Waals surface area contributed by atoms with Crippen molar-refractivity contribution in [2.45, 2.75) is 30.8 Å². The molecule has 0 bridgehead atoms. The second-order valence-corrected chi connectivity index (χ2v) is 7.46. The summed E-state index contributed by atoms with van der Waals surface area (Å²) in [5.41, 5.74) is 10.1. The first-order valence-electron chi connectivity index (χ1n) is 9.36. The molecule has 2 heterocycles. The molecule has 2 aliphatic heterocycles. The van der Waals surface area contributed by atoms with E-state index in [0.717, 1.165) is 29.8 Å². The Hall–Kier alpha value is -2.86. The lowest BCUT2D eigenvalue weighted by Gasteiger charge is -2.46. The summed E-state index contributed by atoms with van der Waals surface area (Å²) >= 11 is 0. The number of guanidine groups is 1. The van der Waals surface area contributed by atoms with E-state index >= 15 is 0 Å². The highest BCUT2D eigenvalue weighted by molar-refractivity contribution is 6.00. The Bertz CT molecular complexity index is 921. The number of hydrogen-bond donors (Lipinski definition) is 2. The smallest absolute Gasteiger partial charge is 0.232 e. The maximum atomic E-state index is 12.9. The van der Waals surface area contributed by atoms with Gasteiger partial charge in [-0.05, 0) is 35.7 Å². The van der Waals surface area contributed by atoms with Crippen LogP contribution in [-0.4, -0.2) is 36.0 Å². The number of hydrogen-bond acceptors (Lipinski definition) is 5. The molecule has 3 aliphatic rings. The van der Waals surface area contributed by atoms with Crippen LogP contribution < -0.4 is 11.1 Å². The molecule has 1 fully saturated rings. The summed E-state index contributed by atoms with van der Waals surface area (Å²) in [6, 6.07) is 16.2. The van der Waals surface area contributed by atoms with Crippen LogP contribution in [0.3, 0.4) is 0 Å². The molecule has 1 amide bonds. The molecular formula is C21H22N4O2. The molecule has 2 aromatic carbocycles. The fraction of sp³-hybridized carbons (Fsp3) is 0.333. The van der Waals surface area contributed by atoms with E-state index in [0.29, 0.717) is 25.6 Å². The fourth-order valence-corrected chi connectivity index (χ4v) is 4.44. The number of fused-ring (bicyclic) bond motifs is 2. The standard InChI is InChI=1S/C21H22N4O2/c22-20-24-21(12-19(26)25(20)15-9-10-27-13-15)11-16-17(21)7-4-8-18(16)23-14-5-2-1-3-6-14/h1-8,15,23H,9-13H2,(H2,22,24)/t15-,21+/m1/s1. The molecule has 2 atom stereocenters. The van der Waals surface area contributed by atoms with E-state index in [-0.39, 0.29) is 11.9 Å². The van der Waals surface area contributed by atoms with Crippen molar-refractivity contribution >= 4 is 23.2 Å². The minimum absolute atomic E-state index is 0.0178. The minimum Gasteiger partial charge on any atom is -0.379 e. The van der Waals surface area contributed by atoms with Crippen LogP contribution in [0, 0.1) is 0 Å². The van der Waals surface area contributed by atoms with E-state index in [1.54, 1.807) is 4.90 Å². The van der Waals surface area contributed by atoms with Crippen molar-refractivity contribution in [2.75, 3.05) is 18.5 Å². The Morgan fingerprint density at radius 3 is 2.74 bits per heavy atom. The lowest BCUT2D eigenvalue weighted by molar-refractivity contribution is -0.131. The highest BCUT2D eigenvalue weighted by Crippen LogP contribution is 2.50. The zero-order valence-corrected chi connectivity index (χ0v) is 15.0. The highest BCUT2D eigenvalue weighted by atomic mass is 16.5. The number of carbonyl (C=O) groups is 1. The van der Waals surface area contributed by atoms with Crippen molar-refractivity contribution < 1.29 is 9.53 Å². The number of para-hydroxylation sites is 1. The van der Waals surface area contributed by atoms with Gasteiger partial charge in [0.15, 0.2) is 5.96 Å². The molecule has 0 radical (unpaired) electrons. The second kappa shape index (κ2) is 6.09. The maximum Gasteiger partial charge on any atom is 0.232 e. The number of benzene rings is 2. The van der Waals surface area contributed by atoms with Gasteiger partial charge in [0.25, 0.3) is 0 Å². The molecule has 0 aromatic heterocycles. The number of carbonyl (C=O) groups excluding carboxylic acids is 1. The van der Waals surface area contributed by atoms with E-state index in [9.17, 15) is 4.79 Å². The minimum atomic E-state index is -0.513. The molecule has 0 saturated carbocycles. The van der Waals surface area contributed by atoms with Crippen molar-refractivity contribution in [3.05, 3.63) is 59.7 Å². The van der Waals surface area contributed by atoms with E-state index in [1.165, 1.54) is 5.56 Å². The van der Waals surface area contributed by atoms with Crippen molar-refractivity contribution in [3.8, 4) is 0 Å². The Morgan fingerprint density at radius 1 is 1.15 bits per heavy atom. The van der Waals surface area contributed by atoms with Gasteiger partial charge in [0.1, 0.15) is 5.54 Å². The molecule has 5 rings (SSSR count). The quantitative estimate of drug-likeness (QED) is 0.879. The number of ether oxygens (including phenoxy) is 1. The molecule has 0 unspecified atom stereocenters. The largest absolute Gasteiger partial charge is 0.379 e.